The number of rotatable bonds is 6. The summed E-state index contributed by atoms with van der Waals surface area (Å²) in [5, 5.41) is 0. The van der Waals surface area contributed by atoms with Crippen LogP contribution in [0.15, 0.2) is 176 Å². The predicted molar refractivity (Wildman–Crippen MR) is 195 cm³/mol. The maximum atomic E-state index is 9.44. The quantitative estimate of drug-likeness (QED) is 0.184. The molecule has 0 amide bonds. The highest BCUT2D eigenvalue weighted by Crippen LogP contribution is 2.50. The van der Waals surface area contributed by atoms with Crippen molar-refractivity contribution in [2.45, 2.75) is 19.3 Å². The summed E-state index contributed by atoms with van der Waals surface area (Å²) in [5.41, 5.74) is 7.03. The van der Waals surface area contributed by atoms with Crippen LogP contribution in [0, 0.1) is 0 Å². The summed E-state index contributed by atoms with van der Waals surface area (Å²) in [4.78, 5) is 1.39. The maximum Gasteiger partial charge on any atom is 0.0645 e. The monoisotopic (exact) mass is 597 g/mol. The molecular weight excluding hydrogens is 555 g/mol. The van der Waals surface area contributed by atoms with Crippen molar-refractivity contribution in [3.8, 4) is 44.5 Å². The third kappa shape index (κ3) is 4.91. The van der Waals surface area contributed by atoms with Crippen LogP contribution in [0.5, 0.6) is 0 Å². The van der Waals surface area contributed by atoms with Gasteiger partial charge in [-0.2, -0.15) is 0 Å². The Labute approximate surface area is 283 Å². The van der Waals surface area contributed by atoms with Crippen molar-refractivity contribution in [2.75, 3.05) is 4.90 Å². The molecule has 1 nitrogen and oxygen atoms in total. The van der Waals surface area contributed by atoms with Crippen LogP contribution in [-0.2, 0) is 5.41 Å². The Balaban J connectivity index is 1.37. The van der Waals surface area contributed by atoms with Crippen molar-refractivity contribution in [1.29, 1.82) is 0 Å². The molecule has 0 fully saturated rings. The fourth-order valence-corrected chi connectivity index (χ4v) is 6.39. The molecule has 7 aromatic carbocycles. The minimum atomic E-state index is -0.440. The van der Waals surface area contributed by atoms with Gasteiger partial charge in [0.25, 0.3) is 0 Å². The van der Waals surface area contributed by atoms with Crippen LogP contribution in [0.2, 0.25) is 0 Å². The molecule has 1 heteroatoms. The maximum absolute atomic E-state index is 9.44. The van der Waals surface area contributed by atoms with E-state index in [0.29, 0.717) is 16.8 Å². The zero-order chi connectivity index (χ0) is 38.1. The highest BCUT2D eigenvalue weighted by Gasteiger charge is 2.35. The molecule has 0 atom stereocenters. The normalized spacial score (nSPS) is 15.2. The first kappa shape index (κ1) is 20.4. The Morgan fingerprint density at radius 2 is 0.826 bits per heavy atom. The van der Waals surface area contributed by atoms with Crippen LogP contribution >= 0.6 is 0 Å². The highest BCUT2D eigenvalue weighted by molar-refractivity contribution is 5.86. The molecule has 0 spiro atoms. The molecule has 7 aromatic rings. The Bertz CT molecular complexity index is 2540. The number of fused-ring (bicyclic) bond motifs is 3. The van der Waals surface area contributed by atoms with Crippen molar-refractivity contribution < 1.29 is 11.0 Å². The van der Waals surface area contributed by atoms with Crippen molar-refractivity contribution >= 4 is 17.1 Å². The van der Waals surface area contributed by atoms with Gasteiger partial charge >= 0.3 is 0 Å². The lowest BCUT2D eigenvalue weighted by atomic mass is 9.82. The molecule has 1 aliphatic carbocycles. The van der Waals surface area contributed by atoms with Crippen molar-refractivity contribution in [1.82, 2.24) is 0 Å². The van der Waals surface area contributed by atoms with Crippen LogP contribution < -0.4 is 4.90 Å². The lowest BCUT2D eigenvalue weighted by Gasteiger charge is -2.28. The Morgan fingerprint density at radius 3 is 1.39 bits per heavy atom. The first-order valence-corrected chi connectivity index (χ1v) is 15.4. The van der Waals surface area contributed by atoms with Gasteiger partial charge in [0.1, 0.15) is 0 Å². The van der Waals surface area contributed by atoms with Crippen LogP contribution in [0.3, 0.4) is 0 Å². The lowest BCUT2D eigenvalue weighted by Crippen LogP contribution is -2.16. The summed E-state index contributed by atoms with van der Waals surface area (Å²) in [5.74, 6) is 0. The summed E-state index contributed by atoms with van der Waals surface area (Å²) in [7, 11) is 0. The second kappa shape index (κ2) is 11.4. The predicted octanol–water partition coefficient (Wildman–Crippen LogP) is 12.5. The van der Waals surface area contributed by atoms with Crippen molar-refractivity contribution in [2.24, 2.45) is 0 Å². The fourth-order valence-electron chi connectivity index (χ4n) is 6.39. The van der Waals surface area contributed by atoms with Gasteiger partial charge in [-0.15, -0.1) is 0 Å². The Kier molecular flexibility index (Phi) is 5.04. The minimum Gasteiger partial charge on any atom is -0.310 e. The first-order valence-electron chi connectivity index (χ1n) is 19.4. The number of benzene rings is 7. The second-order valence-electron chi connectivity index (χ2n) is 12.0. The van der Waals surface area contributed by atoms with E-state index in [1.807, 2.05) is 72.8 Å². The summed E-state index contributed by atoms with van der Waals surface area (Å²) in [6, 6.07) is 37.2. The summed E-state index contributed by atoms with van der Waals surface area (Å²) >= 11 is 0. The fraction of sp³-hybridized carbons (Fsp3) is 0.0667. The molecule has 0 saturated heterocycles. The zero-order valence-corrected chi connectivity index (χ0v) is 25.6. The van der Waals surface area contributed by atoms with E-state index < -0.39 is 5.41 Å². The van der Waals surface area contributed by atoms with E-state index in [9.17, 15) is 8.22 Å². The molecule has 46 heavy (non-hydrogen) atoms. The smallest absolute Gasteiger partial charge is 0.0645 e. The van der Waals surface area contributed by atoms with E-state index >= 15 is 0 Å². The van der Waals surface area contributed by atoms with Gasteiger partial charge in [0.05, 0.1) is 11.0 Å². The van der Waals surface area contributed by atoms with Crippen molar-refractivity contribution in [3.05, 3.63) is 187 Å². The van der Waals surface area contributed by atoms with E-state index in [1.165, 1.54) is 4.90 Å². The Hall–Kier alpha value is -5.66. The van der Waals surface area contributed by atoms with Gasteiger partial charge in [-0.25, -0.2) is 0 Å². The third-order valence-electron chi connectivity index (χ3n) is 8.84. The van der Waals surface area contributed by atoms with Crippen LogP contribution in [-0.4, -0.2) is 0 Å². The van der Waals surface area contributed by atoms with Gasteiger partial charge in [-0.3, -0.25) is 0 Å². The van der Waals surface area contributed by atoms with E-state index in [-0.39, 0.29) is 70.8 Å². The molecule has 220 valence electrons. The number of hydrogen-bond donors (Lipinski definition) is 0. The second-order valence-corrected chi connectivity index (χ2v) is 12.0. The van der Waals surface area contributed by atoms with E-state index in [4.69, 9.17) is 2.74 Å². The van der Waals surface area contributed by atoms with Gasteiger partial charge in [0.15, 0.2) is 0 Å². The third-order valence-corrected chi connectivity index (χ3v) is 8.84. The molecular formula is C45H35N. The number of hydrogen-bond acceptors (Lipinski definition) is 1. The topological polar surface area (TPSA) is 3.24 Å². The molecule has 0 radical (unpaired) electrons. The largest absolute Gasteiger partial charge is 0.310 e. The van der Waals surface area contributed by atoms with Crippen LogP contribution in [0.4, 0.5) is 17.1 Å². The number of anilines is 3. The molecule has 8 rings (SSSR count). The average Bonchev–Trinajstić information content (AvgIpc) is 3.42. The van der Waals surface area contributed by atoms with Gasteiger partial charge in [0, 0.05) is 22.5 Å². The molecule has 0 heterocycles. The van der Waals surface area contributed by atoms with E-state index in [2.05, 4.69) is 26.0 Å². The molecule has 0 saturated carbocycles. The summed E-state index contributed by atoms with van der Waals surface area (Å²) < 4.78 is 74.4. The van der Waals surface area contributed by atoms with Gasteiger partial charge < -0.3 is 4.90 Å². The Morgan fingerprint density at radius 1 is 0.391 bits per heavy atom. The molecule has 0 unspecified atom stereocenters. The minimum absolute atomic E-state index is 0.123. The van der Waals surface area contributed by atoms with Gasteiger partial charge in [-0.1, -0.05) is 153 Å². The lowest BCUT2D eigenvalue weighted by molar-refractivity contribution is 0.660. The van der Waals surface area contributed by atoms with Crippen LogP contribution in [0.25, 0.3) is 44.5 Å². The van der Waals surface area contributed by atoms with E-state index in [0.717, 1.165) is 33.4 Å². The van der Waals surface area contributed by atoms with Crippen molar-refractivity contribution in [3.63, 3.8) is 0 Å². The molecule has 1 aliphatic rings. The summed E-state index contributed by atoms with van der Waals surface area (Å²) in [6.07, 6.45) is 0. The molecule has 0 aromatic heterocycles. The van der Waals surface area contributed by atoms with Gasteiger partial charge in [-0.05, 0) is 91.9 Å². The zero-order valence-electron chi connectivity index (χ0n) is 33.6. The number of nitrogens with zero attached hydrogens (tertiary/aromatic N) is 1. The average molecular weight is 598 g/mol. The standard InChI is InChI=1S/C45H35N/c1-45(2)43-16-10-9-15-41(43)42-30-29-40(31-44(42)45)46(38-25-21-36(22-26-38)33-13-7-4-8-14-33)39-27-23-37(24-28-39)35-19-17-34(18-20-35)32-11-5-3-6-12-32/h3-31H,1-2H3/i21D,22D,23D,24D,25D,26D,27D,28D. The molecule has 0 N–H and O–H groups in total. The molecule has 0 bridgehead atoms. The van der Waals surface area contributed by atoms with Gasteiger partial charge in [0.2, 0.25) is 0 Å². The highest BCUT2D eigenvalue weighted by atomic mass is 15.1. The summed E-state index contributed by atoms with van der Waals surface area (Å²) in [6.45, 7) is 4.23. The molecule has 0 aliphatic heterocycles. The first-order chi connectivity index (χ1) is 25.9. The SMILES string of the molecule is [2H]c1c([2H])c(N(c2ccc3c(c2)C(C)(C)c2ccccc2-3)c2c([2H])c([2H])c(-c3ccc(-c4ccccc4)cc3)c([2H])c2[2H])c([2H])c([2H])c1-c1ccccc1. The van der Waals surface area contributed by atoms with E-state index in [1.54, 1.807) is 42.5 Å². The van der Waals surface area contributed by atoms with Crippen LogP contribution in [0.1, 0.15) is 35.9 Å².